The minimum absolute atomic E-state index is 0.177. The Bertz CT molecular complexity index is 414. The number of hydrazine groups is 1. The molecule has 0 saturated carbocycles. The van der Waals surface area contributed by atoms with Crippen LogP contribution in [0.15, 0.2) is 21.1 Å². The number of hydrazone groups is 1. The summed E-state index contributed by atoms with van der Waals surface area (Å²) in [7, 11) is 1.73. The van der Waals surface area contributed by atoms with Gasteiger partial charge in [0.1, 0.15) is 5.75 Å². The van der Waals surface area contributed by atoms with Gasteiger partial charge in [-0.05, 0) is 56.2 Å². The lowest BCUT2D eigenvalue weighted by atomic mass is 10.2. The molecule has 0 aliphatic rings. The van der Waals surface area contributed by atoms with E-state index in [2.05, 4.69) is 47.7 Å². The van der Waals surface area contributed by atoms with Gasteiger partial charge in [0.05, 0.1) is 8.95 Å². The lowest BCUT2D eigenvalue weighted by Crippen LogP contribution is -2.82. The first-order valence-electron chi connectivity index (χ1n) is 4.29. The van der Waals surface area contributed by atoms with E-state index in [4.69, 9.17) is 12.2 Å². The molecule has 0 aliphatic carbocycles. The van der Waals surface area contributed by atoms with Crippen molar-refractivity contribution in [2.24, 2.45) is 0 Å². The molecule has 1 aromatic rings. The summed E-state index contributed by atoms with van der Waals surface area (Å²) < 4.78 is 1.23. The SMILES string of the molecule is CNC(=S)N[NH+]=Cc1cc(Br)c(O)c(Br)c1. The first-order valence-corrected chi connectivity index (χ1v) is 6.28. The summed E-state index contributed by atoms with van der Waals surface area (Å²) in [6.45, 7) is 0. The molecule has 0 aliphatic heterocycles. The van der Waals surface area contributed by atoms with Crippen molar-refractivity contribution < 1.29 is 10.2 Å². The molecule has 0 amide bonds. The van der Waals surface area contributed by atoms with Crippen LogP contribution in [0.2, 0.25) is 0 Å². The molecule has 86 valence electrons. The Morgan fingerprint density at radius 1 is 1.44 bits per heavy atom. The highest BCUT2D eigenvalue weighted by atomic mass is 79.9. The number of aromatic hydroxyl groups is 1. The fourth-order valence-corrected chi connectivity index (χ4v) is 2.20. The zero-order valence-corrected chi connectivity index (χ0v) is 12.3. The fourth-order valence-electron chi connectivity index (χ4n) is 0.916. The van der Waals surface area contributed by atoms with Crippen molar-refractivity contribution in [1.29, 1.82) is 0 Å². The Kier molecular flexibility index (Phi) is 5.17. The number of halogens is 2. The molecule has 0 spiro atoms. The minimum atomic E-state index is 0.177. The molecule has 0 bridgehead atoms. The van der Waals surface area contributed by atoms with E-state index >= 15 is 0 Å². The quantitative estimate of drug-likeness (QED) is 0.348. The number of benzene rings is 1. The average molecular weight is 368 g/mol. The predicted molar refractivity (Wildman–Crippen MR) is 74.4 cm³/mol. The highest BCUT2D eigenvalue weighted by molar-refractivity contribution is 9.11. The third-order valence-corrected chi connectivity index (χ3v) is 3.21. The zero-order chi connectivity index (χ0) is 12.1. The van der Waals surface area contributed by atoms with Crippen LogP contribution in [0.3, 0.4) is 0 Å². The number of nitrogens with one attached hydrogen (secondary N) is 3. The van der Waals surface area contributed by atoms with Crippen LogP contribution in [-0.4, -0.2) is 23.5 Å². The molecule has 0 radical (unpaired) electrons. The van der Waals surface area contributed by atoms with Gasteiger partial charge in [-0.2, -0.15) is 0 Å². The molecule has 1 rings (SSSR count). The van der Waals surface area contributed by atoms with Crippen molar-refractivity contribution in [3.8, 4) is 5.75 Å². The Morgan fingerprint density at radius 2 is 2.00 bits per heavy atom. The van der Waals surface area contributed by atoms with Crippen molar-refractivity contribution in [2.75, 3.05) is 7.05 Å². The first kappa shape index (κ1) is 13.4. The summed E-state index contributed by atoms with van der Waals surface area (Å²) in [5, 5.41) is 15.6. The fraction of sp³-hybridized carbons (Fsp3) is 0.111. The zero-order valence-electron chi connectivity index (χ0n) is 8.34. The van der Waals surface area contributed by atoms with Gasteiger partial charge >= 0.3 is 0 Å². The van der Waals surface area contributed by atoms with E-state index in [1.54, 1.807) is 25.4 Å². The van der Waals surface area contributed by atoms with E-state index in [1.807, 2.05) is 0 Å². The highest BCUT2D eigenvalue weighted by Crippen LogP contribution is 2.32. The molecule has 0 fully saturated rings. The second kappa shape index (κ2) is 6.17. The molecule has 0 unspecified atom stereocenters. The number of hydrogen-bond donors (Lipinski definition) is 4. The Labute approximate surface area is 115 Å². The van der Waals surface area contributed by atoms with E-state index in [0.29, 0.717) is 14.1 Å². The van der Waals surface area contributed by atoms with Gasteiger partial charge in [-0.1, -0.05) is 0 Å². The molecule has 0 heterocycles. The second-order valence-electron chi connectivity index (χ2n) is 2.83. The van der Waals surface area contributed by atoms with Crippen LogP contribution in [-0.2, 0) is 0 Å². The molecule has 7 heteroatoms. The largest absolute Gasteiger partial charge is 0.506 e. The van der Waals surface area contributed by atoms with Crippen molar-refractivity contribution in [1.82, 2.24) is 10.7 Å². The number of phenols is 1. The van der Waals surface area contributed by atoms with Crippen LogP contribution < -0.4 is 15.8 Å². The number of phenolic OH excluding ortho intramolecular Hbond substituents is 1. The normalized spacial score (nSPS) is 10.4. The van der Waals surface area contributed by atoms with E-state index in [-0.39, 0.29) is 5.75 Å². The third-order valence-electron chi connectivity index (χ3n) is 1.69. The van der Waals surface area contributed by atoms with Crippen LogP contribution in [0.5, 0.6) is 5.75 Å². The number of rotatable bonds is 2. The van der Waals surface area contributed by atoms with E-state index in [1.165, 1.54) is 0 Å². The molecule has 0 aromatic heterocycles. The maximum absolute atomic E-state index is 9.51. The third kappa shape index (κ3) is 3.73. The van der Waals surface area contributed by atoms with Crippen LogP contribution >= 0.6 is 44.1 Å². The summed E-state index contributed by atoms with van der Waals surface area (Å²) in [6.07, 6.45) is 1.72. The van der Waals surface area contributed by atoms with Crippen molar-refractivity contribution in [3.63, 3.8) is 0 Å². The van der Waals surface area contributed by atoms with Gasteiger partial charge in [0.2, 0.25) is 5.11 Å². The summed E-state index contributed by atoms with van der Waals surface area (Å²) in [4.78, 5) is 0. The van der Waals surface area contributed by atoms with E-state index in [9.17, 15) is 5.11 Å². The van der Waals surface area contributed by atoms with Gasteiger partial charge in [-0.15, -0.1) is 10.5 Å². The molecule has 1 aromatic carbocycles. The van der Waals surface area contributed by atoms with Crippen molar-refractivity contribution in [2.45, 2.75) is 0 Å². The summed E-state index contributed by atoms with van der Waals surface area (Å²) in [6, 6.07) is 3.55. The maximum atomic E-state index is 9.51. The molecule has 0 saturated heterocycles. The standard InChI is InChI=1S/C9H9Br2N3OS/c1-12-9(16)14-13-4-5-2-6(10)8(15)7(11)3-5/h2-4,15H,1H3,(H2,12,14,16)/p+1. The molecular weight excluding hydrogens is 358 g/mol. The molecule has 16 heavy (non-hydrogen) atoms. The first-order chi connectivity index (χ1) is 7.54. The van der Waals surface area contributed by atoms with Gasteiger partial charge in [0.25, 0.3) is 0 Å². The maximum Gasteiger partial charge on any atom is 0.223 e. The van der Waals surface area contributed by atoms with Crippen LogP contribution in [0.4, 0.5) is 0 Å². The highest BCUT2D eigenvalue weighted by Gasteiger charge is 2.05. The number of thiocarbonyl (C=S) groups is 1. The summed E-state index contributed by atoms with van der Waals surface area (Å²) >= 11 is 11.4. The van der Waals surface area contributed by atoms with Gasteiger partial charge in [0.15, 0.2) is 6.21 Å². The van der Waals surface area contributed by atoms with Gasteiger partial charge in [-0.3, -0.25) is 0 Å². The van der Waals surface area contributed by atoms with Gasteiger partial charge in [-0.25, -0.2) is 0 Å². The monoisotopic (exact) mass is 366 g/mol. The molecule has 0 atom stereocenters. The Morgan fingerprint density at radius 3 is 2.50 bits per heavy atom. The Hall–Kier alpha value is -0.660. The van der Waals surface area contributed by atoms with Crippen molar-refractivity contribution in [3.05, 3.63) is 26.6 Å². The Balaban J connectivity index is 2.78. The molecule has 4 N–H and O–H groups in total. The van der Waals surface area contributed by atoms with Gasteiger partial charge in [0, 0.05) is 12.6 Å². The second-order valence-corrected chi connectivity index (χ2v) is 4.94. The molecule has 4 nitrogen and oxygen atoms in total. The van der Waals surface area contributed by atoms with Crippen LogP contribution in [0.25, 0.3) is 0 Å². The topological polar surface area (TPSA) is 58.3 Å². The van der Waals surface area contributed by atoms with Gasteiger partial charge < -0.3 is 10.4 Å². The smallest absolute Gasteiger partial charge is 0.223 e. The van der Waals surface area contributed by atoms with E-state index in [0.717, 1.165) is 5.56 Å². The van der Waals surface area contributed by atoms with Crippen LogP contribution in [0.1, 0.15) is 5.56 Å². The average Bonchev–Trinajstić information content (AvgIpc) is 2.25. The summed E-state index contributed by atoms with van der Waals surface area (Å²) in [5.74, 6) is 0.177. The van der Waals surface area contributed by atoms with Crippen LogP contribution in [0, 0.1) is 0 Å². The van der Waals surface area contributed by atoms with Crippen molar-refractivity contribution >= 4 is 55.4 Å². The molecular formula is C9H10Br2N3OS+. The predicted octanol–water partition coefficient (Wildman–Crippen LogP) is 0.426. The minimum Gasteiger partial charge on any atom is -0.506 e. The number of hydrogen-bond acceptors (Lipinski definition) is 2. The lowest BCUT2D eigenvalue weighted by molar-refractivity contribution is -0.500. The van der Waals surface area contributed by atoms with E-state index < -0.39 is 0 Å². The lowest BCUT2D eigenvalue weighted by Gasteiger charge is -2.00. The summed E-state index contributed by atoms with van der Waals surface area (Å²) in [5.41, 5.74) is 3.63.